The number of carbonyl (C=O) groups excluding carboxylic acids is 1. The summed E-state index contributed by atoms with van der Waals surface area (Å²) in [5.74, 6) is -0.0438. The highest BCUT2D eigenvalue weighted by atomic mass is 16.5. The topological polar surface area (TPSA) is 46.5 Å². The molecular formula is C19H28O3. The zero-order valence-electron chi connectivity index (χ0n) is 14.6. The van der Waals surface area contributed by atoms with Crippen LogP contribution in [0.1, 0.15) is 58.2 Å². The van der Waals surface area contributed by atoms with Gasteiger partial charge in [0.2, 0.25) is 0 Å². The molecule has 1 aromatic carbocycles. The molecule has 0 aliphatic rings. The Morgan fingerprint density at radius 2 is 1.59 bits per heavy atom. The van der Waals surface area contributed by atoms with Gasteiger partial charge in [0.05, 0.1) is 6.61 Å². The maximum atomic E-state index is 11.1. The summed E-state index contributed by atoms with van der Waals surface area (Å²) >= 11 is 0. The Balaban J connectivity index is 3.18. The summed E-state index contributed by atoms with van der Waals surface area (Å²) < 4.78 is 5.06. The summed E-state index contributed by atoms with van der Waals surface area (Å²) in [5, 5.41) is 10.6. The van der Waals surface area contributed by atoms with Gasteiger partial charge in [-0.1, -0.05) is 60.3 Å². The summed E-state index contributed by atoms with van der Waals surface area (Å²) in [5.41, 5.74) is 2.59. The first-order chi connectivity index (χ1) is 9.96. The normalized spacial score (nSPS) is 12.1. The van der Waals surface area contributed by atoms with Crippen molar-refractivity contribution in [3.63, 3.8) is 0 Å². The van der Waals surface area contributed by atoms with Gasteiger partial charge in [0.25, 0.3) is 0 Å². The van der Waals surface area contributed by atoms with E-state index < -0.39 is 5.97 Å². The lowest BCUT2D eigenvalue weighted by Gasteiger charge is -2.28. The Bertz CT molecular complexity index is 522. The van der Waals surface area contributed by atoms with Gasteiger partial charge in [-0.05, 0) is 27.5 Å². The van der Waals surface area contributed by atoms with Crippen LogP contribution in [0.2, 0.25) is 0 Å². The monoisotopic (exact) mass is 304 g/mol. The molecule has 3 heteroatoms. The van der Waals surface area contributed by atoms with E-state index in [1.165, 1.54) is 0 Å². The van der Waals surface area contributed by atoms with E-state index in [0.717, 1.165) is 22.8 Å². The number of carbonyl (C=O) groups is 1. The number of aromatic hydroxyl groups is 1. The van der Waals surface area contributed by atoms with Gasteiger partial charge in [-0.15, -0.1) is 0 Å². The molecular weight excluding hydrogens is 276 g/mol. The Labute approximate surface area is 134 Å². The lowest BCUT2D eigenvalue weighted by atomic mass is 9.78. The third-order valence-corrected chi connectivity index (χ3v) is 3.59. The highest BCUT2D eigenvalue weighted by Crippen LogP contribution is 2.39. The van der Waals surface area contributed by atoms with Gasteiger partial charge in [-0.25, -0.2) is 4.79 Å². The number of ether oxygens (including phenoxy) is 1. The Kier molecular flexibility index (Phi) is 5.44. The maximum Gasteiger partial charge on any atom is 0.330 e. The largest absolute Gasteiger partial charge is 0.507 e. The first-order valence-electron chi connectivity index (χ1n) is 7.63. The fourth-order valence-corrected chi connectivity index (χ4v) is 2.31. The number of hydrogen-bond acceptors (Lipinski definition) is 3. The molecule has 0 radical (unpaired) electrons. The number of hydrogen-bond donors (Lipinski definition) is 1. The molecule has 122 valence electrons. The summed E-state index contributed by atoms with van der Waals surface area (Å²) in [4.78, 5) is 11.1. The Hall–Kier alpha value is -1.77. The molecule has 0 spiro atoms. The second-order valence-corrected chi connectivity index (χ2v) is 7.66. The van der Waals surface area contributed by atoms with Crippen molar-refractivity contribution in [2.75, 3.05) is 6.61 Å². The van der Waals surface area contributed by atoms with Gasteiger partial charge < -0.3 is 9.84 Å². The number of benzene rings is 1. The molecule has 0 unspecified atom stereocenters. The molecule has 0 atom stereocenters. The van der Waals surface area contributed by atoms with Gasteiger partial charge in [-0.2, -0.15) is 0 Å². The summed E-state index contributed by atoms with van der Waals surface area (Å²) in [7, 11) is 0. The average molecular weight is 304 g/mol. The SMILES string of the molecule is C=CC(=O)OCCc1cc(C(C)(C)C)c(O)c(C(C)(C)C)c1. The van der Waals surface area contributed by atoms with E-state index in [4.69, 9.17) is 4.74 Å². The summed E-state index contributed by atoms with van der Waals surface area (Å²) in [6.45, 7) is 16.2. The second kappa shape index (κ2) is 6.55. The van der Waals surface area contributed by atoms with Gasteiger partial charge in [0.15, 0.2) is 0 Å². The van der Waals surface area contributed by atoms with Crippen molar-refractivity contribution in [1.82, 2.24) is 0 Å². The van der Waals surface area contributed by atoms with E-state index in [1.54, 1.807) is 0 Å². The van der Waals surface area contributed by atoms with Gasteiger partial charge in [-0.3, -0.25) is 0 Å². The standard InChI is InChI=1S/C19H28O3/c1-8-16(20)22-10-9-13-11-14(18(2,3)4)17(21)15(12-13)19(5,6)7/h8,11-12,21H,1,9-10H2,2-7H3. The predicted octanol–water partition coefficient (Wildman–Crippen LogP) is 4.26. The molecule has 0 fully saturated rings. The molecule has 1 rings (SSSR count). The van der Waals surface area contributed by atoms with E-state index in [2.05, 4.69) is 48.1 Å². The second-order valence-electron chi connectivity index (χ2n) is 7.66. The summed E-state index contributed by atoms with van der Waals surface area (Å²) in [6, 6.07) is 4.01. The van der Waals surface area contributed by atoms with Crippen LogP contribution in [-0.4, -0.2) is 17.7 Å². The third kappa shape index (κ3) is 4.62. The molecule has 0 saturated heterocycles. The van der Waals surface area contributed by atoms with Gasteiger partial charge in [0, 0.05) is 12.5 Å². The average Bonchev–Trinajstić information content (AvgIpc) is 2.37. The predicted molar refractivity (Wildman–Crippen MR) is 90.4 cm³/mol. The number of esters is 1. The lowest BCUT2D eigenvalue weighted by molar-refractivity contribution is -0.137. The Morgan fingerprint density at radius 3 is 1.95 bits per heavy atom. The number of phenolic OH excluding ortho intramolecular Hbond substituents is 1. The molecule has 0 amide bonds. The fraction of sp³-hybridized carbons (Fsp3) is 0.526. The first kappa shape index (κ1) is 18.3. The first-order valence-corrected chi connectivity index (χ1v) is 7.63. The van der Waals surface area contributed by atoms with Crippen LogP contribution in [0, 0.1) is 0 Å². The van der Waals surface area contributed by atoms with Crippen molar-refractivity contribution in [3.8, 4) is 5.75 Å². The molecule has 0 aliphatic heterocycles. The van der Waals surface area contributed by atoms with E-state index in [0.29, 0.717) is 18.8 Å². The minimum atomic E-state index is -0.411. The minimum absolute atomic E-state index is 0.155. The van der Waals surface area contributed by atoms with Crippen molar-refractivity contribution in [2.45, 2.75) is 58.8 Å². The van der Waals surface area contributed by atoms with Crippen LogP contribution in [-0.2, 0) is 26.8 Å². The highest BCUT2D eigenvalue weighted by Gasteiger charge is 2.26. The quantitative estimate of drug-likeness (QED) is 0.668. The molecule has 0 saturated carbocycles. The molecule has 22 heavy (non-hydrogen) atoms. The summed E-state index contributed by atoms with van der Waals surface area (Å²) in [6.07, 6.45) is 1.78. The van der Waals surface area contributed by atoms with E-state index in [9.17, 15) is 9.90 Å². The van der Waals surface area contributed by atoms with Crippen molar-refractivity contribution in [1.29, 1.82) is 0 Å². The molecule has 0 heterocycles. The van der Waals surface area contributed by atoms with Crippen molar-refractivity contribution < 1.29 is 14.6 Å². The molecule has 0 aliphatic carbocycles. The van der Waals surface area contributed by atoms with Crippen molar-refractivity contribution >= 4 is 5.97 Å². The smallest absolute Gasteiger partial charge is 0.330 e. The van der Waals surface area contributed by atoms with Crippen LogP contribution in [0.25, 0.3) is 0 Å². The Morgan fingerprint density at radius 1 is 1.14 bits per heavy atom. The zero-order chi connectivity index (χ0) is 17.1. The lowest BCUT2D eigenvalue weighted by Crippen LogP contribution is -2.18. The molecule has 0 aromatic heterocycles. The van der Waals surface area contributed by atoms with Crippen molar-refractivity contribution in [2.24, 2.45) is 0 Å². The van der Waals surface area contributed by atoms with Crippen LogP contribution in [0.5, 0.6) is 5.75 Å². The minimum Gasteiger partial charge on any atom is -0.507 e. The molecule has 1 N–H and O–H groups in total. The molecule has 1 aromatic rings. The van der Waals surface area contributed by atoms with E-state index in [1.807, 2.05) is 12.1 Å². The van der Waals surface area contributed by atoms with Crippen LogP contribution < -0.4 is 0 Å². The third-order valence-electron chi connectivity index (χ3n) is 3.59. The highest BCUT2D eigenvalue weighted by molar-refractivity contribution is 5.81. The van der Waals surface area contributed by atoms with E-state index >= 15 is 0 Å². The fourth-order valence-electron chi connectivity index (χ4n) is 2.31. The van der Waals surface area contributed by atoms with Crippen LogP contribution in [0.3, 0.4) is 0 Å². The van der Waals surface area contributed by atoms with Crippen LogP contribution in [0.15, 0.2) is 24.8 Å². The number of phenols is 1. The van der Waals surface area contributed by atoms with E-state index in [-0.39, 0.29) is 10.8 Å². The van der Waals surface area contributed by atoms with Crippen LogP contribution >= 0.6 is 0 Å². The zero-order valence-corrected chi connectivity index (χ0v) is 14.6. The van der Waals surface area contributed by atoms with Crippen LogP contribution in [0.4, 0.5) is 0 Å². The van der Waals surface area contributed by atoms with Crippen molar-refractivity contribution in [3.05, 3.63) is 41.5 Å². The van der Waals surface area contributed by atoms with Gasteiger partial charge >= 0.3 is 5.97 Å². The maximum absolute atomic E-state index is 11.1. The molecule has 0 bridgehead atoms. The van der Waals surface area contributed by atoms with Gasteiger partial charge in [0.1, 0.15) is 5.75 Å². The number of rotatable bonds is 4. The molecule has 3 nitrogen and oxygen atoms in total.